The summed E-state index contributed by atoms with van der Waals surface area (Å²) >= 11 is 5.86. The van der Waals surface area contributed by atoms with Gasteiger partial charge in [0.1, 0.15) is 5.60 Å². The first-order valence-electron chi connectivity index (χ1n) is 5.69. The smallest absolute Gasteiger partial charge is 0.307 e. The molecule has 96 valence electrons. The number of hydrogen-bond acceptors (Lipinski definition) is 3. The minimum atomic E-state index is -0.536. The van der Waals surface area contributed by atoms with Crippen molar-refractivity contribution in [2.24, 2.45) is 0 Å². The normalized spacial score (nSPS) is 12.6. The lowest BCUT2D eigenvalue weighted by molar-refractivity contribution is -0.154. The zero-order valence-electron chi connectivity index (χ0n) is 10.7. The van der Waals surface area contributed by atoms with Gasteiger partial charge in [-0.25, -0.2) is 0 Å². The minimum absolute atomic E-state index is 0.0358. The highest BCUT2D eigenvalue weighted by molar-refractivity contribution is 6.30. The lowest BCUT2D eigenvalue weighted by atomic mass is 9.97. The van der Waals surface area contributed by atoms with Gasteiger partial charge in [-0.1, -0.05) is 23.7 Å². The lowest BCUT2D eigenvalue weighted by Gasteiger charge is -2.20. The van der Waals surface area contributed by atoms with E-state index in [-0.39, 0.29) is 12.4 Å². The van der Waals surface area contributed by atoms with Gasteiger partial charge < -0.3 is 4.74 Å². The highest BCUT2D eigenvalue weighted by Crippen LogP contribution is 2.23. The Hall–Kier alpha value is -1.53. The van der Waals surface area contributed by atoms with Crippen LogP contribution in [0.4, 0.5) is 0 Å². The van der Waals surface area contributed by atoms with Crippen LogP contribution in [0.25, 0.3) is 0 Å². The first-order chi connectivity index (χ1) is 8.31. The number of nitrogens with zero attached hydrogens (tertiary/aromatic N) is 1. The van der Waals surface area contributed by atoms with E-state index in [4.69, 9.17) is 21.6 Å². The van der Waals surface area contributed by atoms with Gasteiger partial charge in [0.05, 0.1) is 18.4 Å². The van der Waals surface area contributed by atoms with Crippen LogP contribution in [-0.4, -0.2) is 11.6 Å². The van der Waals surface area contributed by atoms with Crippen molar-refractivity contribution in [2.45, 2.75) is 38.7 Å². The number of hydrogen-bond donors (Lipinski definition) is 0. The van der Waals surface area contributed by atoms with Crippen molar-refractivity contribution in [1.82, 2.24) is 0 Å². The maximum atomic E-state index is 11.7. The monoisotopic (exact) mass is 265 g/mol. The molecule has 0 saturated carbocycles. The molecule has 0 aliphatic rings. The molecule has 0 radical (unpaired) electrons. The van der Waals surface area contributed by atoms with Crippen molar-refractivity contribution in [1.29, 1.82) is 5.26 Å². The van der Waals surface area contributed by atoms with Crippen molar-refractivity contribution in [2.75, 3.05) is 0 Å². The van der Waals surface area contributed by atoms with Gasteiger partial charge in [0.25, 0.3) is 0 Å². The van der Waals surface area contributed by atoms with E-state index in [0.717, 1.165) is 5.56 Å². The Morgan fingerprint density at radius 2 is 2.17 bits per heavy atom. The van der Waals surface area contributed by atoms with Gasteiger partial charge in [-0.2, -0.15) is 5.26 Å². The molecule has 0 saturated heterocycles. The van der Waals surface area contributed by atoms with E-state index in [1.807, 2.05) is 0 Å². The van der Waals surface area contributed by atoms with Gasteiger partial charge >= 0.3 is 5.97 Å². The average molecular weight is 266 g/mol. The predicted octanol–water partition coefficient (Wildman–Crippen LogP) is 3.68. The minimum Gasteiger partial charge on any atom is -0.460 e. The summed E-state index contributed by atoms with van der Waals surface area (Å²) in [7, 11) is 0. The maximum absolute atomic E-state index is 11.7. The van der Waals surface area contributed by atoms with Gasteiger partial charge in [-0.05, 0) is 38.5 Å². The third-order valence-electron chi connectivity index (χ3n) is 2.20. The van der Waals surface area contributed by atoms with Gasteiger partial charge in [-0.15, -0.1) is 0 Å². The molecule has 0 aliphatic carbocycles. The molecule has 18 heavy (non-hydrogen) atoms. The maximum Gasteiger partial charge on any atom is 0.307 e. The van der Waals surface area contributed by atoms with Crippen molar-refractivity contribution in [3.05, 3.63) is 34.9 Å². The number of carbonyl (C=O) groups is 1. The van der Waals surface area contributed by atoms with E-state index < -0.39 is 11.5 Å². The first-order valence-corrected chi connectivity index (χ1v) is 6.06. The Bertz CT molecular complexity index is 471. The molecule has 0 fully saturated rings. The molecule has 0 bridgehead atoms. The molecular weight excluding hydrogens is 250 g/mol. The summed E-state index contributed by atoms with van der Waals surface area (Å²) < 4.78 is 5.20. The fraction of sp³-hybridized carbons (Fsp3) is 0.429. The van der Waals surface area contributed by atoms with Crippen molar-refractivity contribution in [3.8, 4) is 6.07 Å². The lowest BCUT2D eigenvalue weighted by Crippen LogP contribution is -2.24. The molecule has 1 unspecified atom stereocenters. The SMILES string of the molecule is CC(C)(C)OC(=O)CC(C#N)c1cccc(Cl)c1. The number of ether oxygens (including phenoxy) is 1. The number of halogens is 1. The summed E-state index contributed by atoms with van der Waals surface area (Å²) in [5, 5.41) is 9.67. The number of benzene rings is 1. The van der Waals surface area contributed by atoms with Gasteiger partial charge in [0.2, 0.25) is 0 Å². The molecule has 0 amide bonds. The Morgan fingerprint density at radius 1 is 1.50 bits per heavy atom. The molecule has 3 nitrogen and oxygen atoms in total. The molecule has 1 atom stereocenters. The van der Waals surface area contributed by atoms with Gasteiger partial charge in [0.15, 0.2) is 0 Å². The van der Waals surface area contributed by atoms with E-state index in [0.29, 0.717) is 5.02 Å². The fourth-order valence-electron chi connectivity index (χ4n) is 1.51. The van der Waals surface area contributed by atoms with Crippen molar-refractivity contribution in [3.63, 3.8) is 0 Å². The van der Waals surface area contributed by atoms with Crippen LogP contribution in [0.3, 0.4) is 0 Å². The number of esters is 1. The third-order valence-corrected chi connectivity index (χ3v) is 2.43. The zero-order chi connectivity index (χ0) is 13.8. The topological polar surface area (TPSA) is 50.1 Å². The van der Waals surface area contributed by atoms with Crippen LogP contribution in [0.1, 0.15) is 38.7 Å². The molecule has 0 aliphatic heterocycles. The van der Waals surface area contributed by atoms with Gasteiger partial charge in [-0.3, -0.25) is 4.79 Å². The van der Waals surface area contributed by atoms with E-state index >= 15 is 0 Å². The Kier molecular flexibility index (Phi) is 4.75. The van der Waals surface area contributed by atoms with Crippen LogP contribution in [0.5, 0.6) is 0 Å². The summed E-state index contributed by atoms with van der Waals surface area (Å²) in [6.45, 7) is 5.39. The second-order valence-electron chi connectivity index (χ2n) is 5.03. The molecule has 1 aromatic carbocycles. The summed E-state index contributed by atoms with van der Waals surface area (Å²) in [6, 6.07) is 9.07. The standard InChI is InChI=1S/C14H16ClNO2/c1-14(2,3)18-13(17)8-11(9-16)10-5-4-6-12(15)7-10/h4-7,11H,8H2,1-3H3. The average Bonchev–Trinajstić information content (AvgIpc) is 2.23. The van der Waals surface area contributed by atoms with Crippen LogP contribution in [0, 0.1) is 11.3 Å². The largest absolute Gasteiger partial charge is 0.460 e. The van der Waals surface area contributed by atoms with Crippen LogP contribution in [0.2, 0.25) is 5.02 Å². The molecule has 0 N–H and O–H groups in total. The van der Waals surface area contributed by atoms with E-state index in [9.17, 15) is 4.79 Å². The fourth-order valence-corrected chi connectivity index (χ4v) is 1.71. The Labute approximate surface area is 112 Å². The second-order valence-corrected chi connectivity index (χ2v) is 5.46. The zero-order valence-corrected chi connectivity index (χ0v) is 11.5. The summed E-state index contributed by atoms with van der Waals surface area (Å²) in [5.74, 6) is -0.910. The Balaban J connectivity index is 2.75. The summed E-state index contributed by atoms with van der Waals surface area (Å²) in [6.07, 6.45) is 0.0358. The molecule has 0 heterocycles. The van der Waals surface area contributed by atoms with E-state index in [2.05, 4.69) is 6.07 Å². The molecule has 0 spiro atoms. The highest BCUT2D eigenvalue weighted by Gasteiger charge is 2.21. The highest BCUT2D eigenvalue weighted by atomic mass is 35.5. The molecular formula is C14H16ClNO2. The van der Waals surface area contributed by atoms with E-state index in [1.54, 1.807) is 45.0 Å². The molecule has 1 rings (SSSR count). The van der Waals surface area contributed by atoms with Crippen LogP contribution in [-0.2, 0) is 9.53 Å². The quantitative estimate of drug-likeness (QED) is 0.784. The van der Waals surface area contributed by atoms with E-state index in [1.165, 1.54) is 0 Å². The van der Waals surface area contributed by atoms with Crippen LogP contribution < -0.4 is 0 Å². The summed E-state index contributed by atoms with van der Waals surface area (Å²) in [5.41, 5.74) is 0.196. The number of rotatable bonds is 3. The third kappa shape index (κ3) is 4.77. The number of nitriles is 1. The Morgan fingerprint density at radius 3 is 2.67 bits per heavy atom. The molecule has 0 aromatic heterocycles. The second kappa shape index (κ2) is 5.88. The number of carbonyl (C=O) groups excluding carboxylic acids is 1. The van der Waals surface area contributed by atoms with Crippen molar-refractivity contribution >= 4 is 17.6 Å². The van der Waals surface area contributed by atoms with Crippen molar-refractivity contribution < 1.29 is 9.53 Å². The molecule has 4 heteroatoms. The van der Waals surface area contributed by atoms with Crippen LogP contribution in [0.15, 0.2) is 24.3 Å². The molecule has 1 aromatic rings. The van der Waals surface area contributed by atoms with Crippen LogP contribution >= 0.6 is 11.6 Å². The predicted molar refractivity (Wildman–Crippen MR) is 70.3 cm³/mol. The first kappa shape index (κ1) is 14.5. The van der Waals surface area contributed by atoms with Gasteiger partial charge in [0, 0.05) is 5.02 Å². The summed E-state index contributed by atoms with van der Waals surface area (Å²) in [4.78, 5) is 11.7.